The quantitative estimate of drug-likeness (QED) is 0.933. The number of carbonyl (C=O) groups excluding carboxylic acids is 1. The van der Waals surface area contributed by atoms with Crippen molar-refractivity contribution in [2.24, 2.45) is 7.05 Å². The van der Waals surface area contributed by atoms with Crippen molar-refractivity contribution < 1.29 is 14.7 Å². The molecule has 0 unspecified atom stereocenters. The SMILES string of the molecule is Cc1nsc(N(C)C(=O)c2c(C)nn(C)c2C)c1C(=O)O. The summed E-state index contributed by atoms with van der Waals surface area (Å²) in [7, 11) is 3.31. The molecule has 2 aromatic rings. The van der Waals surface area contributed by atoms with E-state index in [2.05, 4.69) is 9.47 Å². The molecule has 0 saturated heterocycles. The summed E-state index contributed by atoms with van der Waals surface area (Å²) in [4.78, 5) is 25.3. The van der Waals surface area contributed by atoms with E-state index in [4.69, 9.17) is 0 Å². The lowest BCUT2D eigenvalue weighted by molar-refractivity contribution is 0.0697. The van der Waals surface area contributed by atoms with Gasteiger partial charge in [-0.25, -0.2) is 4.79 Å². The number of hydrogen-bond donors (Lipinski definition) is 1. The van der Waals surface area contributed by atoms with Crippen LogP contribution >= 0.6 is 11.5 Å². The normalized spacial score (nSPS) is 10.7. The third-order valence-corrected chi connectivity index (χ3v) is 4.41. The summed E-state index contributed by atoms with van der Waals surface area (Å²) in [6.45, 7) is 5.17. The van der Waals surface area contributed by atoms with Gasteiger partial charge in [-0.15, -0.1) is 0 Å². The van der Waals surface area contributed by atoms with Gasteiger partial charge in [-0.3, -0.25) is 9.48 Å². The molecule has 0 spiro atoms. The third-order valence-electron chi connectivity index (χ3n) is 3.39. The number of rotatable bonds is 3. The number of amides is 1. The van der Waals surface area contributed by atoms with Gasteiger partial charge < -0.3 is 10.0 Å². The van der Waals surface area contributed by atoms with Crippen LogP contribution in [0, 0.1) is 20.8 Å². The highest BCUT2D eigenvalue weighted by atomic mass is 32.1. The van der Waals surface area contributed by atoms with Crippen molar-refractivity contribution in [3.05, 3.63) is 28.2 Å². The van der Waals surface area contributed by atoms with Crippen LogP contribution in [0.2, 0.25) is 0 Å². The van der Waals surface area contributed by atoms with Gasteiger partial charge in [-0.05, 0) is 32.3 Å². The van der Waals surface area contributed by atoms with E-state index >= 15 is 0 Å². The lowest BCUT2D eigenvalue weighted by atomic mass is 10.1. The molecule has 112 valence electrons. The minimum Gasteiger partial charge on any atom is -0.478 e. The van der Waals surface area contributed by atoms with Crippen LogP contribution in [0.1, 0.15) is 37.8 Å². The molecule has 7 nitrogen and oxygen atoms in total. The third kappa shape index (κ3) is 2.42. The number of carboxylic acid groups (broad SMARTS) is 1. The predicted molar refractivity (Wildman–Crippen MR) is 79.2 cm³/mol. The molecule has 1 N–H and O–H groups in total. The average Bonchev–Trinajstić information content (AvgIpc) is 2.89. The Balaban J connectivity index is 2.47. The van der Waals surface area contributed by atoms with Gasteiger partial charge >= 0.3 is 5.97 Å². The molecular weight excluding hydrogens is 292 g/mol. The smallest absolute Gasteiger partial charge is 0.340 e. The molecule has 2 aromatic heterocycles. The first-order valence-corrected chi connectivity index (χ1v) is 7.00. The molecule has 0 bridgehead atoms. The second kappa shape index (κ2) is 5.28. The van der Waals surface area contributed by atoms with Gasteiger partial charge in [0.15, 0.2) is 0 Å². The number of nitrogens with zero attached hydrogens (tertiary/aromatic N) is 4. The van der Waals surface area contributed by atoms with Crippen molar-refractivity contribution in [3.8, 4) is 0 Å². The number of anilines is 1. The van der Waals surface area contributed by atoms with E-state index in [-0.39, 0.29) is 11.5 Å². The topological polar surface area (TPSA) is 88.3 Å². The molecule has 0 fully saturated rings. The fourth-order valence-corrected chi connectivity index (χ4v) is 3.02. The van der Waals surface area contributed by atoms with E-state index < -0.39 is 5.97 Å². The molecule has 8 heteroatoms. The fraction of sp³-hybridized carbons (Fsp3) is 0.385. The van der Waals surface area contributed by atoms with Crippen molar-refractivity contribution in [3.63, 3.8) is 0 Å². The number of carboxylic acids is 1. The highest BCUT2D eigenvalue weighted by Crippen LogP contribution is 2.29. The Kier molecular flexibility index (Phi) is 3.82. The predicted octanol–water partition coefficient (Wildman–Crippen LogP) is 1.78. The maximum Gasteiger partial charge on any atom is 0.340 e. The number of hydrogen-bond acceptors (Lipinski definition) is 5. The van der Waals surface area contributed by atoms with Gasteiger partial charge in [0.05, 0.1) is 17.0 Å². The largest absolute Gasteiger partial charge is 0.478 e. The number of aryl methyl sites for hydroxylation is 3. The summed E-state index contributed by atoms with van der Waals surface area (Å²) in [6, 6.07) is 0. The molecule has 0 aliphatic heterocycles. The molecule has 0 aromatic carbocycles. The standard InChI is InChI=1S/C13H16N4O3S/c1-6-9(8(3)17(5)14-6)11(18)16(4)12-10(13(19)20)7(2)15-21-12/h1-5H3,(H,19,20). The van der Waals surface area contributed by atoms with Crippen LogP contribution < -0.4 is 4.90 Å². The van der Waals surface area contributed by atoms with E-state index in [1.54, 1.807) is 39.5 Å². The Bertz CT molecular complexity index is 732. The lowest BCUT2D eigenvalue weighted by Gasteiger charge is -2.16. The molecule has 0 atom stereocenters. The van der Waals surface area contributed by atoms with Gasteiger partial charge in [-0.1, -0.05) is 0 Å². The highest BCUT2D eigenvalue weighted by Gasteiger charge is 2.27. The van der Waals surface area contributed by atoms with Crippen molar-refractivity contribution >= 4 is 28.4 Å². The van der Waals surface area contributed by atoms with Gasteiger partial charge in [0.1, 0.15) is 10.6 Å². The molecule has 2 heterocycles. The molecule has 0 saturated carbocycles. The molecule has 2 rings (SSSR count). The monoisotopic (exact) mass is 308 g/mol. The van der Waals surface area contributed by atoms with Crippen LogP contribution in [-0.4, -0.2) is 38.2 Å². The maximum atomic E-state index is 12.6. The van der Waals surface area contributed by atoms with Gasteiger partial charge in [0, 0.05) is 19.8 Å². The zero-order valence-electron chi connectivity index (χ0n) is 12.5. The minimum absolute atomic E-state index is 0.0649. The minimum atomic E-state index is -1.09. The maximum absolute atomic E-state index is 12.6. The molecule has 1 amide bonds. The summed E-state index contributed by atoms with van der Waals surface area (Å²) in [6.07, 6.45) is 0. The van der Waals surface area contributed by atoms with Crippen LogP contribution in [-0.2, 0) is 7.05 Å². The summed E-state index contributed by atoms with van der Waals surface area (Å²) < 4.78 is 5.66. The van der Waals surface area contributed by atoms with Gasteiger partial charge in [-0.2, -0.15) is 9.47 Å². The molecule has 0 aliphatic rings. The first kappa shape index (κ1) is 15.2. The van der Waals surface area contributed by atoms with E-state index in [1.807, 2.05) is 0 Å². The first-order valence-electron chi connectivity index (χ1n) is 6.23. The number of aromatic carboxylic acids is 1. The van der Waals surface area contributed by atoms with Gasteiger partial charge in [0.2, 0.25) is 0 Å². The summed E-state index contributed by atoms with van der Waals surface area (Å²) in [5.41, 5.74) is 2.31. The highest BCUT2D eigenvalue weighted by molar-refractivity contribution is 7.11. The Hall–Kier alpha value is -2.22. The van der Waals surface area contributed by atoms with Crippen molar-refractivity contribution in [1.82, 2.24) is 14.2 Å². The fourth-order valence-electron chi connectivity index (χ4n) is 2.18. The van der Waals surface area contributed by atoms with Crippen LogP contribution in [0.4, 0.5) is 5.00 Å². The summed E-state index contributed by atoms with van der Waals surface area (Å²) in [5.74, 6) is -1.38. The van der Waals surface area contributed by atoms with Crippen molar-refractivity contribution in [2.75, 3.05) is 11.9 Å². The van der Waals surface area contributed by atoms with Crippen LogP contribution in [0.5, 0.6) is 0 Å². The van der Waals surface area contributed by atoms with E-state index in [0.29, 0.717) is 22.0 Å². The molecule has 0 radical (unpaired) electrons. The Morgan fingerprint density at radius 1 is 1.19 bits per heavy atom. The number of carbonyl (C=O) groups is 2. The van der Waals surface area contributed by atoms with Crippen molar-refractivity contribution in [1.29, 1.82) is 0 Å². The Labute approximate surface area is 126 Å². The summed E-state index contributed by atoms with van der Waals surface area (Å²) >= 11 is 1.00. The summed E-state index contributed by atoms with van der Waals surface area (Å²) in [5, 5.41) is 13.8. The molecule has 0 aliphatic carbocycles. The van der Waals surface area contributed by atoms with Crippen LogP contribution in [0.25, 0.3) is 0 Å². The molecular formula is C13H16N4O3S. The average molecular weight is 308 g/mol. The van der Waals surface area contributed by atoms with Crippen molar-refractivity contribution in [2.45, 2.75) is 20.8 Å². The zero-order chi connectivity index (χ0) is 15.9. The van der Waals surface area contributed by atoms with Crippen LogP contribution in [0.15, 0.2) is 0 Å². The number of aromatic nitrogens is 3. The first-order chi connectivity index (χ1) is 9.75. The van der Waals surface area contributed by atoms with E-state index in [1.165, 1.54) is 4.90 Å². The van der Waals surface area contributed by atoms with Crippen LogP contribution in [0.3, 0.4) is 0 Å². The second-order valence-electron chi connectivity index (χ2n) is 4.79. The lowest BCUT2D eigenvalue weighted by Crippen LogP contribution is -2.28. The van der Waals surface area contributed by atoms with Gasteiger partial charge in [0.25, 0.3) is 5.91 Å². The Morgan fingerprint density at radius 3 is 2.29 bits per heavy atom. The van der Waals surface area contributed by atoms with E-state index in [9.17, 15) is 14.7 Å². The second-order valence-corrected chi connectivity index (χ2v) is 5.54. The van der Waals surface area contributed by atoms with E-state index in [0.717, 1.165) is 17.2 Å². The molecule has 21 heavy (non-hydrogen) atoms. The Morgan fingerprint density at radius 2 is 1.81 bits per heavy atom. The zero-order valence-corrected chi connectivity index (χ0v) is 13.3.